The van der Waals surface area contributed by atoms with Gasteiger partial charge >= 0.3 is 5.97 Å². The second kappa shape index (κ2) is 9.91. The SMILES string of the molecule is CCn1cc(C(=O)O)c(=O)c2cc(F)c(N3CCN(CC(=O)Nc4nc5ccc(C)cc5s4)CC3)cc21. The van der Waals surface area contributed by atoms with Crippen LogP contribution in [0.5, 0.6) is 0 Å². The number of carboxylic acids is 1. The van der Waals surface area contributed by atoms with E-state index in [0.717, 1.165) is 21.8 Å². The van der Waals surface area contributed by atoms with Gasteiger partial charge in [-0.05, 0) is 43.7 Å². The summed E-state index contributed by atoms with van der Waals surface area (Å²) in [6, 6.07) is 8.70. The molecule has 9 nitrogen and oxygen atoms in total. The average molecular weight is 524 g/mol. The Kier molecular flexibility index (Phi) is 6.65. The second-order valence-corrected chi connectivity index (χ2v) is 10.1. The highest BCUT2D eigenvalue weighted by Gasteiger charge is 2.23. The number of aromatic carboxylic acids is 1. The number of fused-ring (bicyclic) bond motifs is 2. The molecular formula is C26H26FN5O4S. The van der Waals surface area contributed by atoms with E-state index in [1.165, 1.54) is 17.5 Å². The molecule has 5 rings (SSSR count). The highest BCUT2D eigenvalue weighted by Crippen LogP contribution is 2.28. The van der Waals surface area contributed by atoms with Gasteiger partial charge in [0.25, 0.3) is 0 Å². The van der Waals surface area contributed by atoms with Crippen LogP contribution in [-0.4, -0.2) is 64.2 Å². The van der Waals surface area contributed by atoms with E-state index in [-0.39, 0.29) is 23.4 Å². The number of hydrogen-bond acceptors (Lipinski definition) is 7. The minimum atomic E-state index is -1.34. The first-order valence-corrected chi connectivity index (χ1v) is 12.8. The number of pyridine rings is 1. The number of hydrogen-bond donors (Lipinski definition) is 2. The zero-order chi connectivity index (χ0) is 26.3. The third kappa shape index (κ3) is 4.92. The number of amides is 1. The molecule has 0 unspecified atom stereocenters. The minimum absolute atomic E-state index is 0.0447. The van der Waals surface area contributed by atoms with Crippen molar-refractivity contribution in [1.82, 2.24) is 14.5 Å². The molecule has 0 bridgehead atoms. The smallest absolute Gasteiger partial charge is 0.341 e. The Hall–Kier alpha value is -3.83. The number of nitrogens with zero attached hydrogens (tertiary/aromatic N) is 4. The molecule has 1 amide bonds. The largest absolute Gasteiger partial charge is 0.477 e. The average Bonchev–Trinajstić information content (AvgIpc) is 3.25. The normalized spacial score (nSPS) is 14.4. The number of rotatable bonds is 6. The van der Waals surface area contributed by atoms with Gasteiger partial charge in [0, 0.05) is 44.3 Å². The van der Waals surface area contributed by atoms with Crippen molar-refractivity contribution in [3.05, 3.63) is 63.7 Å². The lowest BCUT2D eigenvalue weighted by molar-refractivity contribution is -0.117. The van der Waals surface area contributed by atoms with Crippen LogP contribution < -0.4 is 15.6 Å². The molecular weight excluding hydrogens is 497 g/mol. The number of benzene rings is 2. The highest BCUT2D eigenvalue weighted by atomic mass is 32.1. The zero-order valence-corrected chi connectivity index (χ0v) is 21.3. The second-order valence-electron chi connectivity index (χ2n) is 9.09. The van der Waals surface area contributed by atoms with Gasteiger partial charge in [-0.2, -0.15) is 0 Å². The lowest BCUT2D eigenvalue weighted by atomic mass is 10.1. The minimum Gasteiger partial charge on any atom is -0.477 e. The number of carboxylic acid groups (broad SMARTS) is 1. The van der Waals surface area contributed by atoms with Gasteiger partial charge in [-0.3, -0.25) is 14.5 Å². The predicted molar refractivity (Wildman–Crippen MR) is 142 cm³/mol. The highest BCUT2D eigenvalue weighted by molar-refractivity contribution is 7.22. The van der Waals surface area contributed by atoms with Crippen molar-refractivity contribution in [3.8, 4) is 0 Å². The molecule has 2 aromatic carbocycles. The van der Waals surface area contributed by atoms with Gasteiger partial charge in [-0.1, -0.05) is 17.4 Å². The van der Waals surface area contributed by atoms with Crippen molar-refractivity contribution < 1.29 is 19.1 Å². The van der Waals surface area contributed by atoms with Crippen molar-refractivity contribution >= 4 is 55.2 Å². The molecule has 4 aromatic rings. The van der Waals surface area contributed by atoms with E-state index in [2.05, 4.69) is 10.3 Å². The third-order valence-electron chi connectivity index (χ3n) is 6.59. The maximum atomic E-state index is 15.1. The van der Waals surface area contributed by atoms with E-state index in [0.29, 0.717) is 49.1 Å². The first kappa shape index (κ1) is 24.8. The number of aromatic nitrogens is 2. The van der Waals surface area contributed by atoms with E-state index < -0.39 is 17.2 Å². The lowest BCUT2D eigenvalue weighted by Crippen LogP contribution is -2.49. The number of anilines is 2. The van der Waals surface area contributed by atoms with Gasteiger partial charge in [0.2, 0.25) is 11.3 Å². The van der Waals surface area contributed by atoms with Crippen LogP contribution in [0.2, 0.25) is 0 Å². The molecule has 0 atom stereocenters. The lowest BCUT2D eigenvalue weighted by Gasteiger charge is -2.36. The zero-order valence-electron chi connectivity index (χ0n) is 20.5. The fourth-order valence-electron chi connectivity index (χ4n) is 4.65. The molecule has 0 aliphatic carbocycles. The topological polar surface area (TPSA) is 108 Å². The molecule has 192 valence electrons. The van der Waals surface area contributed by atoms with Crippen molar-refractivity contribution in [3.63, 3.8) is 0 Å². The van der Waals surface area contributed by atoms with Crippen molar-refractivity contribution in [2.75, 3.05) is 42.9 Å². The van der Waals surface area contributed by atoms with E-state index >= 15 is 4.39 Å². The Balaban J connectivity index is 1.27. The summed E-state index contributed by atoms with van der Waals surface area (Å²) in [5.41, 5.74) is 1.75. The van der Waals surface area contributed by atoms with Gasteiger partial charge in [-0.25, -0.2) is 14.2 Å². The third-order valence-corrected chi connectivity index (χ3v) is 7.52. The Morgan fingerprint density at radius 3 is 2.62 bits per heavy atom. The van der Waals surface area contributed by atoms with Crippen LogP contribution in [0, 0.1) is 12.7 Å². The van der Waals surface area contributed by atoms with Crippen LogP contribution in [0.25, 0.3) is 21.1 Å². The van der Waals surface area contributed by atoms with Crippen LogP contribution >= 0.6 is 11.3 Å². The first-order valence-electron chi connectivity index (χ1n) is 12.0. The number of nitrogens with one attached hydrogen (secondary N) is 1. The quantitative estimate of drug-likeness (QED) is 0.398. The van der Waals surface area contributed by atoms with Crippen LogP contribution in [0.4, 0.5) is 15.2 Å². The monoisotopic (exact) mass is 523 g/mol. The van der Waals surface area contributed by atoms with E-state index in [1.54, 1.807) is 10.6 Å². The summed E-state index contributed by atoms with van der Waals surface area (Å²) in [5, 5.41) is 12.8. The van der Waals surface area contributed by atoms with E-state index in [9.17, 15) is 19.5 Å². The summed E-state index contributed by atoms with van der Waals surface area (Å²) in [4.78, 5) is 45.0. The summed E-state index contributed by atoms with van der Waals surface area (Å²) in [6.45, 7) is 6.59. The van der Waals surface area contributed by atoms with Gasteiger partial charge in [0.15, 0.2) is 5.13 Å². The number of piperazine rings is 1. The number of carbonyl (C=O) groups excluding carboxylic acids is 1. The summed E-state index contributed by atoms with van der Waals surface area (Å²) in [5.74, 6) is -2.06. The van der Waals surface area contributed by atoms with Gasteiger partial charge in [-0.15, -0.1) is 0 Å². The fourth-order valence-corrected chi connectivity index (χ4v) is 5.63. The molecule has 1 fully saturated rings. The number of aryl methyl sites for hydroxylation is 2. The molecule has 2 aromatic heterocycles. The molecule has 0 spiro atoms. The van der Waals surface area contributed by atoms with Crippen LogP contribution in [-0.2, 0) is 11.3 Å². The molecule has 0 radical (unpaired) electrons. The predicted octanol–water partition coefficient (Wildman–Crippen LogP) is 3.54. The van der Waals surface area contributed by atoms with Crippen LogP contribution in [0.1, 0.15) is 22.8 Å². The fraction of sp³-hybridized carbons (Fsp3) is 0.308. The van der Waals surface area contributed by atoms with Gasteiger partial charge in [0.1, 0.15) is 11.4 Å². The molecule has 11 heteroatoms. The number of thiazole rings is 1. The molecule has 0 saturated carbocycles. The molecule has 2 N–H and O–H groups in total. The van der Waals surface area contributed by atoms with Gasteiger partial charge in [0.05, 0.1) is 28.0 Å². The number of carbonyl (C=O) groups is 2. The molecule has 1 aliphatic heterocycles. The van der Waals surface area contributed by atoms with E-state index in [1.807, 2.05) is 41.8 Å². The standard InChI is InChI=1S/C26H26FN5O4S/c1-3-31-13-17(25(35)36)24(34)16-11-18(27)21(12-20(16)31)32-8-6-30(7-9-32)14-23(33)29-26-28-19-5-4-15(2)10-22(19)37-26/h4-5,10-13H,3,6-9,14H2,1-2H3,(H,35,36)(H,28,29,33). The van der Waals surface area contributed by atoms with Gasteiger partial charge < -0.3 is 19.9 Å². The summed E-state index contributed by atoms with van der Waals surface area (Å²) in [7, 11) is 0. The number of halogens is 1. The Morgan fingerprint density at radius 1 is 1.16 bits per heavy atom. The van der Waals surface area contributed by atoms with Crippen molar-refractivity contribution in [2.45, 2.75) is 20.4 Å². The maximum Gasteiger partial charge on any atom is 0.341 e. The Labute approximate surface area is 215 Å². The summed E-state index contributed by atoms with van der Waals surface area (Å²) < 4.78 is 17.8. The van der Waals surface area contributed by atoms with Crippen LogP contribution in [0.15, 0.2) is 41.3 Å². The summed E-state index contributed by atoms with van der Waals surface area (Å²) >= 11 is 1.44. The van der Waals surface area contributed by atoms with Crippen molar-refractivity contribution in [2.24, 2.45) is 0 Å². The van der Waals surface area contributed by atoms with Crippen LogP contribution in [0.3, 0.4) is 0 Å². The summed E-state index contributed by atoms with van der Waals surface area (Å²) in [6.07, 6.45) is 1.30. The Morgan fingerprint density at radius 2 is 1.92 bits per heavy atom. The molecule has 1 saturated heterocycles. The Bertz CT molecular complexity index is 1590. The maximum absolute atomic E-state index is 15.1. The molecule has 37 heavy (non-hydrogen) atoms. The molecule has 3 heterocycles. The first-order chi connectivity index (χ1) is 17.7. The van der Waals surface area contributed by atoms with E-state index in [4.69, 9.17) is 0 Å². The van der Waals surface area contributed by atoms with Crippen molar-refractivity contribution in [1.29, 1.82) is 0 Å². The molecule has 1 aliphatic rings.